The van der Waals surface area contributed by atoms with E-state index in [4.69, 9.17) is 10.5 Å². The first-order chi connectivity index (χ1) is 8.49. The van der Waals surface area contributed by atoms with Gasteiger partial charge in [0, 0.05) is 18.8 Å². The molecule has 0 spiro atoms. The third kappa shape index (κ3) is 2.98. The van der Waals surface area contributed by atoms with Crippen LogP contribution in [0.5, 0.6) is 0 Å². The van der Waals surface area contributed by atoms with Crippen LogP contribution < -0.4 is 10.5 Å². The minimum absolute atomic E-state index is 0.0960. The molecule has 0 bridgehead atoms. The number of hydrogen-bond acceptors (Lipinski definition) is 5. The maximum Gasteiger partial charge on any atom is 0.242 e. The molecule has 0 aromatic carbocycles. The zero-order chi connectivity index (χ0) is 13.2. The molecule has 0 saturated carbocycles. The summed E-state index contributed by atoms with van der Waals surface area (Å²) in [7, 11) is -3.53. The Morgan fingerprint density at radius 2 is 2.28 bits per heavy atom. The first kappa shape index (κ1) is 13.3. The molecule has 100 valence electrons. The quantitative estimate of drug-likeness (QED) is 0.828. The SMILES string of the molecule is CC1COCCC1NS(=O)(=O)c1ccc(N)nc1. The number of rotatable bonds is 3. The van der Waals surface area contributed by atoms with Gasteiger partial charge in [-0.2, -0.15) is 0 Å². The highest BCUT2D eigenvalue weighted by Gasteiger charge is 2.27. The van der Waals surface area contributed by atoms with Crippen LogP contribution in [0.4, 0.5) is 5.82 Å². The lowest BCUT2D eigenvalue weighted by molar-refractivity contribution is 0.0450. The predicted octanol–water partition coefficient (Wildman–Crippen LogP) is 0.367. The predicted molar refractivity (Wildman–Crippen MR) is 67.4 cm³/mol. The maximum atomic E-state index is 12.1. The van der Waals surface area contributed by atoms with Crippen molar-refractivity contribution in [2.24, 2.45) is 5.92 Å². The number of pyridine rings is 1. The Morgan fingerprint density at radius 3 is 2.89 bits per heavy atom. The summed E-state index contributed by atoms with van der Waals surface area (Å²) in [6, 6.07) is 2.83. The second-order valence-electron chi connectivity index (χ2n) is 4.49. The van der Waals surface area contributed by atoms with Crippen LogP contribution in [-0.2, 0) is 14.8 Å². The van der Waals surface area contributed by atoms with Crippen molar-refractivity contribution >= 4 is 15.8 Å². The van der Waals surface area contributed by atoms with E-state index in [9.17, 15) is 8.42 Å². The van der Waals surface area contributed by atoms with Crippen LogP contribution in [0.25, 0.3) is 0 Å². The summed E-state index contributed by atoms with van der Waals surface area (Å²) in [5.74, 6) is 0.462. The first-order valence-corrected chi connectivity index (χ1v) is 7.29. The molecule has 0 aliphatic carbocycles. The van der Waals surface area contributed by atoms with E-state index >= 15 is 0 Å². The van der Waals surface area contributed by atoms with Crippen molar-refractivity contribution in [3.63, 3.8) is 0 Å². The number of sulfonamides is 1. The van der Waals surface area contributed by atoms with E-state index < -0.39 is 10.0 Å². The van der Waals surface area contributed by atoms with Gasteiger partial charge in [0.15, 0.2) is 0 Å². The van der Waals surface area contributed by atoms with Crippen molar-refractivity contribution in [1.29, 1.82) is 0 Å². The Labute approximate surface area is 107 Å². The van der Waals surface area contributed by atoms with Gasteiger partial charge in [-0.3, -0.25) is 0 Å². The number of anilines is 1. The first-order valence-electron chi connectivity index (χ1n) is 5.80. The molecule has 1 saturated heterocycles. The van der Waals surface area contributed by atoms with Crippen LogP contribution in [0.15, 0.2) is 23.2 Å². The van der Waals surface area contributed by atoms with Crippen molar-refractivity contribution in [2.75, 3.05) is 18.9 Å². The van der Waals surface area contributed by atoms with Gasteiger partial charge in [0.1, 0.15) is 10.7 Å². The Bertz CT molecular complexity index is 501. The second-order valence-corrected chi connectivity index (χ2v) is 6.20. The smallest absolute Gasteiger partial charge is 0.242 e. The highest BCUT2D eigenvalue weighted by Crippen LogP contribution is 2.17. The zero-order valence-corrected chi connectivity index (χ0v) is 11.0. The third-order valence-electron chi connectivity index (χ3n) is 3.02. The lowest BCUT2D eigenvalue weighted by Crippen LogP contribution is -2.44. The summed E-state index contributed by atoms with van der Waals surface area (Å²) in [4.78, 5) is 3.93. The molecule has 1 fully saturated rings. The summed E-state index contributed by atoms with van der Waals surface area (Å²) < 4.78 is 32.2. The maximum absolute atomic E-state index is 12.1. The number of hydrogen-bond donors (Lipinski definition) is 2. The van der Waals surface area contributed by atoms with Gasteiger partial charge in [-0.05, 0) is 24.5 Å². The summed E-state index contributed by atoms with van der Waals surface area (Å²) >= 11 is 0. The van der Waals surface area contributed by atoms with E-state index in [0.717, 1.165) is 0 Å². The van der Waals surface area contributed by atoms with E-state index in [0.29, 0.717) is 25.5 Å². The monoisotopic (exact) mass is 271 g/mol. The zero-order valence-electron chi connectivity index (χ0n) is 10.2. The number of nitrogens with zero attached hydrogens (tertiary/aromatic N) is 1. The van der Waals surface area contributed by atoms with E-state index in [-0.39, 0.29) is 16.9 Å². The van der Waals surface area contributed by atoms with Gasteiger partial charge in [0.2, 0.25) is 10.0 Å². The summed E-state index contributed by atoms with van der Waals surface area (Å²) in [5.41, 5.74) is 5.43. The molecular weight excluding hydrogens is 254 g/mol. The molecule has 0 amide bonds. The average molecular weight is 271 g/mol. The molecule has 2 atom stereocenters. The third-order valence-corrected chi connectivity index (χ3v) is 4.49. The van der Waals surface area contributed by atoms with Crippen LogP contribution in [0, 0.1) is 5.92 Å². The molecule has 2 unspecified atom stereocenters. The highest BCUT2D eigenvalue weighted by atomic mass is 32.2. The fraction of sp³-hybridized carbons (Fsp3) is 0.545. The van der Waals surface area contributed by atoms with Gasteiger partial charge in [0.25, 0.3) is 0 Å². The van der Waals surface area contributed by atoms with Crippen LogP contribution in [0.2, 0.25) is 0 Å². The lowest BCUT2D eigenvalue weighted by Gasteiger charge is -2.29. The Morgan fingerprint density at radius 1 is 1.50 bits per heavy atom. The second kappa shape index (κ2) is 5.21. The largest absolute Gasteiger partial charge is 0.384 e. The Kier molecular flexibility index (Phi) is 3.84. The number of nitrogen functional groups attached to an aromatic ring is 1. The van der Waals surface area contributed by atoms with Crippen molar-refractivity contribution in [2.45, 2.75) is 24.3 Å². The van der Waals surface area contributed by atoms with E-state index in [1.165, 1.54) is 18.3 Å². The molecule has 1 aliphatic rings. The average Bonchev–Trinajstić information content (AvgIpc) is 2.32. The molecule has 18 heavy (non-hydrogen) atoms. The lowest BCUT2D eigenvalue weighted by atomic mass is 9.99. The summed E-state index contributed by atoms with van der Waals surface area (Å²) in [6.45, 7) is 3.12. The minimum Gasteiger partial charge on any atom is -0.384 e. The van der Waals surface area contributed by atoms with Gasteiger partial charge in [0.05, 0.1) is 6.61 Å². The van der Waals surface area contributed by atoms with Crippen molar-refractivity contribution < 1.29 is 13.2 Å². The number of aromatic nitrogens is 1. The van der Waals surface area contributed by atoms with E-state index in [2.05, 4.69) is 9.71 Å². The molecule has 1 aliphatic heterocycles. The molecule has 2 rings (SSSR count). The standard InChI is InChI=1S/C11H17N3O3S/c1-8-7-17-5-4-10(8)14-18(15,16)9-2-3-11(12)13-6-9/h2-3,6,8,10,14H,4-5,7H2,1H3,(H2,12,13). The van der Waals surface area contributed by atoms with Gasteiger partial charge < -0.3 is 10.5 Å². The van der Waals surface area contributed by atoms with Crippen molar-refractivity contribution in [1.82, 2.24) is 9.71 Å². The topological polar surface area (TPSA) is 94.3 Å². The molecule has 1 aromatic rings. The van der Waals surface area contributed by atoms with Crippen LogP contribution >= 0.6 is 0 Å². The van der Waals surface area contributed by atoms with Crippen molar-refractivity contribution in [3.05, 3.63) is 18.3 Å². The molecule has 7 heteroatoms. The van der Waals surface area contributed by atoms with E-state index in [1.807, 2.05) is 6.92 Å². The van der Waals surface area contributed by atoms with Crippen LogP contribution in [-0.4, -0.2) is 32.7 Å². The highest BCUT2D eigenvalue weighted by molar-refractivity contribution is 7.89. The molecular formula is C11H17N3O3S. The number of ether oxygens (including phenoxy) is 1. The van der Waals surface area contributed by atoms with Crippen LogP contribution in [0.3, 0.4) is 0 Å². The van der Waals surface area contributed by atoms with Gasteiger partial charge in [-0.15, -0.1) is 0 Å². The number of nitrogens with two attached hydrogens (primary N) is 1. The normalized spacial score (nSPS) is 24.9. The van der Waals surface area contributed by atoms with Gasteiger partial charge >= 0.3 is 0 Å². The fourth-order valence-corrected chi connectivity index (χ4v) is 3.20. The number of nitrogens with one attached hydrogen (secondary N) is 1. The van der Waals surface area contributed by atoms with Crippen LogP contribution in [0.1, 0.15) is 13.3 Å². The molecule has 6 nitrogen and oxygen atoms in total. The molecule has 0 radical (unpaired) electrons. The van der Waals surface area contributed by atoms with Crippen molar-refractivity contribution in [3.8, 4) is 0 Å². The Hall–Kier alpha value is -1.18. The van der Waals surface area contributed by atoms with E-state index in [1.54, 1.807) is 0 Å². The molecule has 2 heterocycles. The Balaban J connectivity index is 2.13. The van der Waals surface area contributed by atoms with Gasteiger partial charge in [-0.25, -0.2) is 18.1 Å². The molecule has 1 aromatic heterocycles. The minimum atomic E-state index is -3.53. The molecule has 3 N–H and O–H groups in total. The summed E-state index contributed by atoms with van der Waals surface area (Å²) in [6.07, 6.45) is 1.95. The fourth-order valence-electron chi connectivity index (χ4n) is 1.87. The van der Waals surface area contributed by atoms with Gasteiger partial charge in [-0.1, -0.05) is 6.92 Å². The summed E-state index contributed by atoms with van der Waals surface area (Å²) in [5, 5.41) is 0.